The fraction of sp³-hybridized carbons (Fsp3) is 0.700. The maximum absolute atomic E-state index is 11.4. The van der Waals surface area contributed by atoms with E-state index in [1.54, 1.807) is 0 Å². The van der Waals surface area contributed by atoms with Crippen LogP contribution in [0.2, 0.25) is 0 Å². The Morgan fingerprint density at radius 3 is 3.17 bits per heavy atom. The number of cyclic esters (lactones) is 1. The van der Waals surface area contributed by atoms with Crippen LogP contribution >= 0.6 is 0 Å². The van der Waals surface area contributed by atoms with E-state index in [2.05, 4.69) is 19.1 Å². The molecule has 0 radical (unpaired) electrons. The van der Waals surface area contributed by atoms with Crippen molar-refractivity contribution in [1.29, 1.82) is 0 Å². The molecule has 12 heavy (non-hydrogen) atoms. The topological polar surface area (TPSA) is 26.3 Å². The number of allylic oxidation sites excluding steroid dienone is 2. The Morgan fingerprint density at radius 1 is 1.58 bits per heavy atom. The second kappa shape index (κ2) is 2.92. The van der Waals surface area contributed by atoms with Gasteiger partial charge in [0.15, 0.2) is 0 Å². The molecule has 1 fully saturated rings. The van der Waals surface area contributed by atoms with Gasteiger partial charge in [-0.3, -0.25) is 4.79 Å². The smallest absolute Gasteiger partial charge is 0.309 e. The Kier molecular flexibility index (Phi) is 1.91. The molecule has 1 aliphatic carbocycles. The third kappa shape index (κ3) is 1.15. The molecular weight excluding hydrogens is 152 g/mol. The van der Waals surface area contributed by atoms with Crippen molar-refractivity contribution in [2.45, 2.75) is 19.8 Å². The van der Waals surface area contributed by atoms with Crippen molar-refractivity contribution < 1.29 is 9.53 Å². The van der Waals surface area contributed by atoms with Gasteiger partial charge in [0.1, 0.15) is 0 Å². The predicted octanol–water partition coefficient (Wildman–Crippen LogP) is 1.76. The molecule has 1 heterocycles. The molecular formula is C10H14O2. The Balaban J connectivity index is 2.21. The molecule has 0 aromatic rings. The number of ether oxygens (including phenoxy) is 1. The molecule has 0 aromatic carbocycles. The minimum Gasteiger partial charge on any atom is -0.465 e. The van der Waals surface area contributed by atoms with E-state index in [1.165, 1.54) is 0 Å². The molecule has 0 N–H and O–H groups in total. The molecule has 1 saturated heterocycles. The van der Waals surface area contributed by atoms with Crippen LogP contribution < -0.4 is 0 Å². The maximum atomic E-state index is 11.4. The molecule has 2 rings (SSSR count). The number of carbonyl (C=O) groups excluding carboxylic acids is 1. The van der Waals surface area contributed by atoms with Crippen molar-refractivity contribution >= 4 is 5.97 Å². The van der Waals surface area contributed by atoms with Crippen molar-refractivity contribution in [2.24, 2.45) is 17.8 Å². The molecule has 0 unspecified atom stereocenters. The van der Waals surface area contributed by atoms with Crippen LogP contribution in [0.3, 0.4) is 0 Å². The first kappa shape index (κ1) is 7.84. The van der Waals surface area contributed by atoms with Gasteiger partial charge in [0.2, 0.25) is 0 Å². The molecule has 0 saturated carbocycles. The lowest BCUT2D eigenvalue weighted by Crippen LogP contribution is -2.37. The summed E-state index contributed by atoms with van der Waals surface area (Å²) in [6.45, 7) is 2.74. The number of hydrogen-bond donors (Lipinski definition) is 0. The van der Waals surface area contributed by atoms with Crippen molar-refractivity contribution in [2.75, 3.05) is 6.61 Å². The highest BCUT2D eigenvalue weighted by atomic mass is 16.5. The van der Waals surface area contributed by atoms with Gasteiger partial charge in [-0.2, -0.15) is 0 Å². The first-order valence-electron chi connectivity index (χ1n) is 4.62. The summed E-state index contributed by atoms with van der Waals surface area (Å²) >= 11 is 0. The van der Waals surface area contributed by atoms with Crippen LogP contribution in [0.25, 0.3) is 0 Å². The number of fused-ring (bicyclic) bond motifs is 1. The summed E-state index contributed by atoms with van der Waals surface area (Å²) in [7, 11) is 0. The maximum Gasteiger partial charge on any atom is 0.309 e. The van der Waals surface area contributed by atoms with Crippen LogP contribution in [-0.4, -0.2) is 12.6 Å². The van der Waals surface area contributed by atoms with Gasteiger partial charge in [0, 0.05) is 0 Å². The van der Waals surface area contributed by atoms with Gasteiger partial charge in [0.05, 0.1) is 12.5 Å². The zero-order valence-electron chi connectivity index (χ0n) is 7.32. The summed E-state index contributed by atoms with van der Waals surface area (Å²) in [6, 6.07) is 0. The van der Waals surface area contributed by atoms with Gasteiger partial charge in [0.25, 0.3) is 0 Å². The zero-order valence-corrected chi connectivity index (χ0v) is 7.32. The second-order valence-electron chi connectivity index (χ2n) is 3.79. The van der Waals surface area contributed by atoms with Gasteiger partial charge >= 0.3 is 5.97 Å². The van der Waals surface area contributed by atoms with Gasteiger partial charge < -0.3 is 4.74 Å². The van der Waals surface area contributed by atoms with Crippen LogP contribution in [0.4, 0.5) is 0 Å². The monoisotopic (exact) mass is 166 g/mol. The molecule has 2 heteroatoms. The summed E-state index contributed by atoms with van der Waals surface area (Å²) in [6.07, 6.45) is 6.42. The Morgan fingerprint density at radius 2 is 2.42 bits per heavy atom. The first-order chi connectivity index (χ1) is 5.79. The lowest BCUT2D eigenvalue weighted by atomic mass is 9.74. The van der Waals surface area contributed by atoms with Gasteiger partial charge in [-0.1, -0.05) is 19.1 Å². The predicted molar refractivity (Wildman–Crippen MR) is 45.5 cm³/mol. The molecule has 3 atom stereocenters. The van der Waals surface area contributed by atoms with Gasteiger partial charge in [-0.25, -0.2) is 0 Å². The standard InChI is InChI=1S/C10H14O2/c1-7-3-2-4-8-5-6-12-10(11)9(7)8/h2,4,7-9H,3,5-6H2,1H3/t7-,8+,9-/m0/s1. The fourth-order valence-electron chi connectivity index (χ4n) is 2.23. The van der Waals surface area contributed by atoms with Gasteiger partial charge in [-0.05, 0) is 24.7 Å². The van der Waals surface area contributed by atoms with E-state index >= 15 is 0 Å². The van der Waals surface area contributed by atoms with Crippen LogP contribution in [0.5, 0.6) is 0 Å². The van der Waals surface area contributed by atoms with E-state index in [0.717, 1.165) is 12.8 Å². The van der Waals surface area contributed by atoms with E-state index in [1.807, 2.05) is 0 Å². The summed E-state index contributed by atoms with van der Waals surface area (Å²) in [5.41, 5.74) is 0. The highest BCUT2D eigenvalue weighted by Gasteiger charge is 2.37. The molecule has 0 spiro atoms. The minimum absolute atomic E-state index is 0.0168. The van der Waals surface area contributed by atoms with E-state index in [9.17, 15) is 4.79 Å². The number of esters is 1. The molecule has 0 bridgehead atoms. The van der Waals surface area contributed by atoms with Crippen molar-refractivity contribution in [3.8, 4) is 0 Å². The highest BCUT2D eigenvalue weighted by Crippen LogP contribution is 2.35. The largest absolute Gasteiger partial charge is 0.465 e. The summed E-state index contributed by atoms with van der Waals surface area (Å²) in [4.78, 5) is 11.4. The van der Waals surface area contributed by atoms with Crippen LogP contribution in [0.15, 0.2) is 12.2 Å². The molecule has 0 amide bonds. The average Bonchev–Trinajstić information content (AvgIpc) is 2.04. The Hall–Kier alpha value is -0.790. The van der Waals surface area contributed by atoms with E-state index < -0.39 is 0 Å². The van der Waals surface area contributed by atoms with Crippen molar-refractivity contribution in [1.82, 2.24) is 0 Å². The van der Waals surface area contributed by atoms with E-state index in [-0.39, 0.29) is 11.9 Å². The SMILES string of the molecule is C[C@H]1CC=C[C@@H]2CCOC(=O)[C@H]21. The lowest BCUT2D eigenvalue weighted by molar-refractivity contribution is -0.158. The number of rotatable bonds is 0. The molecule has 0 aromatic heterocycles. The van der Waals surface area contributed by atoms with Crippen LogP contribution in [0.1, 0.15) is 19.8 Å². The van der Waals surface area contributed by atoms with Crippen LogP contribution in [-0.2, 0) is 9.53 Å². The Bertz CT molecular complexity index is 220. The number of hydrogen-bond acceptors (Lipinski definition) is 2. The highest BCUT2D eigenvalue weighted by molar-refractivity contribution is 5.74. The molecule has 66 valence electrons. The van der Waals surface area contributed by atoms with Gasteiger partial charge in [-0.15, -0.1) is 0 Å². The number of carbonyl (C=O) groups is 1. The normalized spacial score (nSPS) is 40.4. The lowest BCUT2D eigenvalue weighted by Gasteiger charge is -2.34. The average molecular weight is 166 g/mol. The third-order valence-electron chi connectivity index (χ3n) is 2.93. The molecule has 2 aliphatic rings. The van der Waals surface area contributed by atoms with Crippen molar-refractivity contribution in [3.05, 3.63) is 12.2 Å². The Labute approximate surface area is 72.6 Å². The first-order valence-corrected chi connectivity index (χ1v) is 4.62. The minimum atomic E-state index is 0.0168. The zero-order chi connectivity index (χ0) is 8.55. The third-order valence-corrected chi connectivity index (χ3v) is 2.93. The quantitative estimate of drug-likeness (QED) is 0.405. The van der Waals surface area contributed by atoms with E-state index in [4.69, 9.17) is 4.74 Å². The fourth-order valence-corrected chi connectivity index (χ4v) is 2.23. The van der Waals surface area contributed by atoms with E-state index in [0.29, 0.717) is 18.4 Å². The summed E-state index contributed by atoms with van der Waals surface area (Å²) in [5, 5.41) is 0. The molecule has 2 nitrogen and oxygen atoms in total. The van der Waals surface area contributed by atoms with Crippen LogP contribution in [0, 0.1) is 17.8 Å². The second-order valence-corrected chi connectivity index (χ2v) is 3.79. The van der Waals surface area contributed by atoms with Crippen molar-refractivity contribution in [3.63, 3.8) is 0 Å². The molecule has 1 aliphatic heterocycles. The summed E-state index contributed by atoms with van der Waals surface area (Å²) in [5.74, 6) is 1.08. The summed E-state index contributed by atoms with van der Waals surface area (Å²) < 4.78 is 5.04.